The molecule has 0 aromatic rings. The van der Waals surface area contributed by atoms with Gasteiger partial charge in [0.15, 0.2) is 0 Å². The summed E-state index contributed by atoms with van der Waals surface area (Å²) in [7, 11) is 0. The van der Waals surface area contributed by atoms with E-state index in [1.807, 2.05) is 27.7 Å². The molecule has 3 N–H and O–H groups in total. The summed E-state index contributed by atoms with van der Waals surface area (Å²) < 4.78 is 0. The second-order valence-electron chi connectivity index (χ2n) is 4.28. The number of hydrogen-bond acceptors (Lipinski definition) is 2. The van der Waals surface area contributed by atoms with E-state index in [0.717, 1.165) is 12.8 Å². The van der Waals surface area contributed by atoms with Gasteiger partial charge in [-0.25, -0.2) is 0 Å². The first kappa shape index (κ1) is 12.4. The van der Waals surface area contributed by atoms with Crippen LogP contribution in [0.25, 0.3) is 0 Å². The largest absolute Gasteiger partial charge is 0.481 e. The summed E-state index contributed by atoms with van der Waals surface area (Å²) in [6, 6.07) is 0. The maximum atomic E-state index is 10.7. The van der Waals surface area contributed by atoms with E-state index in [4.69, 9.17) is 10.8 Å². The van der Waals surface area contributed by atoms with E-state index in [1.165, 1.54) is 0 Å². The Morgan fingerprint density at radius 2 is 1.69 bits per heavy atom. The predicted octanol–water partition coefficient (Wildman–Crippen LogP) is 2.00. The van der Waals surface area contributed by atoms with Crippen molar-refractivity contribution in [3.63, 3.8) is 0 Å². The van der Waals surface area contributed by atoms with Crippen LogP contribution in [0.4, 0.5) is 0 Å². The van der Waals surface area contributed by atoms with Crippen molar-refractivity contribution in [1.82, 2.24) is 0 Å². The van der Waals surface area contributed by atoms with Gasteiger partial charge in [-0.15, -0.1) is 0 Å². The summed E-state index contributed by atoms with van der Waals surface area (Å²) in [5, 5.41) is 8.82. The summed E-state index contributed by atoms with van der Waals surface area (Å²) in [4.78, 5) is 10.7. The number of carboxylic acid groups (broad SMARTS) is 1. The lowest BCUT2D eigenvalue weighted by Crippen LogP contribution is -2.51. The van der Waals surface area contributed by atoms with Crippen LogP contribution in [0.15, 0.2) is 0 Å². The van der Waals surface area contributed by atoms with Gasteiger partial charge < -0.3 is 10.8 Å². The van der Waals surface area contributed by atoms with Crippen molar-refractivity contribution in [3.05, 3.63) is 0 Å². The lowest BCUT2D eigenvalue weighted by Gasteiger charge is -2.42. The molecule has 0 atom stereocenters. The van der Waals surface area contributed by atoms with Gasteiger partial charge in [0, 0.05) is 5.54 Å². The third-order valence-corrected chi connectivity index (χ3v) is 3.21. The van der Waals surface area contributed by atoms with E-state index in [2.05, 4.69) is 0 Å². The third kappa shape index (κ3) is 2.69. The Balaban J connectivity index is 4.80. The average molecular weight is 187 g/mol. The van der Waals surface area contributed by atoms with Gasteiger partial charge >= 0.3 is 5.97 Å². The number of hydrogen-bond donors (Lipinski definition) is 2. The van der Waals surface area contributed by atoms with Crippen molar-refractivity contribution in [1.29, 1.82) is 0 Å². The Hall–Kier alpha value is -0.570. The SMILES string of the molecule is CCC(CC)(CC(=O)O)C(C)(C)N. The molecule has 0 unspecified atom stereocenters. The zero-order chi connectivity index (χ0) is 10.7. The summed E-state index contributed by atoms with van der Waals surface area (Å²) in [6.45, 7) is 7.81. The fraction of sp³-hybridized carbons (Fsp3) is 0.900. The van der Waals surface area contributed by atoms with Crippen molar-refractivity contribution >= 4 is 5.97 Å². The molecule has 0 radical (unpaired) electrons. The molecule has 3 heteroatoms. The normalized spacial score (nSPS) is 13.0. The van der Waals surface area contributed by atoms with Crippen molar-refractivity contribution in [3.8, 4) is 0 Å². The van der Waals surface area contributed by atoms with E-state index in [-0.39, 0.29) is 11.8 Å². The molecular weight excluding hydrogens is 166 g/mol. The minimum Gasteiger partial charge on any atom is -0.481 e. The Labute approximate surface area is 80.3 Å². The Morgan fingerprint density at radius 1 is 1.31 bits per heavy atom. The molecule has 13 heavy (non-hydrogen) atoms. The summed E-state index contributed by atoms with van der Waals surface area (Å²) in [5.74, 6) is -0.762. The molecule has 0 amide bonds. The summed E-state index contributed by atoms with van der Waals surface area (Å²) >= 11 is 0. The molecule has 0 bridgehead atoms. The molecular formula is C10H21NO2. The fourth-order valence-electron chi connectivity index (χ4n) is 1.93. The van der Waals surface area contributed by atoms with E-state index in [1.54, 1.807) is 0 Å². The number of rotatable bonds is 5. The van der Waals surface area contributed by atoms with E-state index in [0.29, 0.717) is 0 Å². The van der Waals surface area contributed by atoms with Crippen LogP contribution in [0.2, 0.25) is 0 Å². The molecule has 0 rings (SSSR count). The van der Waals surface area contributed by atoms with Crippen LogP contribution >= 0.6 is 0 Å². The zero-order valence-corrected chi connectivity index (χ0v) is 9.05. The van der Waals surface area contributed by atoms with Crippen LogP contribution in [-0.4, -0.2) is 16.6 Å². The van der Waals surface area contributed by atoms with Crippen molar-refractivity contribution in [2.75, 3.05) is 0 Å². The van der Waals surface area contributed by atoms with Crippen LogP contribution < -0.4 is 5.73 Å². The topological polar surface area (TPSA) is 63.3 Å². The first-order valence-electron chi connectivity index (χ1n) is 4.79. The monoisotopic (exact) mass is 187 g/mol. The molecule has 78 valence electrons. The smallest absolute Gasteiger partial charge is 0.303 e. The predicted molar refractivity (Wildman–Crippen MR) is 53.5 cm³/mol. The minimum absolute atomic E-state index is 0.156. The van der Waals surface area contributed by atoms with Crippen LogP contribution in [0.1, 0.15) is 47.0 Å². The lowest BCUT2D eigenvalue weighted by atomic mass is 9.66. The first-order valence-corrected chi connectivity index (χ1v) is 4.79. The molecule has 0 aliphatic carbocycles. The molecule has 0 aliphatic heterocycles. The highest BCUT2D eigenvalue weighted by atomic mass is 16.4. The standard InChI is InChI=1S/C10H21NO2/c1-5-10(6-2,7-8(12)13)9(3,4)11/h5-7,11H2,1-4H3,(H,12,13). The highest BCUT2D eigenvalue weighted by Crippen LogP contribution is 2.39. The van der Waals surface area contributed by atoms with Crippen molar-refractivity contribution in [2.45, 2.75) is 52.5 Å². The Bertz CT molecular complexity index is 178. The number of carboxylic acids is 1. The summed E-state index contributed by atoms with van der Waals surface area (Å²) in [6.07, 6.45) is 1.77. The van der Waals surface area contributed by atoms with Gasteiger partial charge in [-0.3, -0.25) is 4.79 Å². The van der Waals surface area contributed by atoms with Crippen LogP contribution in [0, 0.1) is 5.41 Å². The van der Waals surface area contributed by atoms with Crippen LogP contribution in [0.3, 0.4) is 0 Å². The Kier molecular flexibility index (Phi) is 3.91. The van der Waals surface area contributed by atoms with E-state index < -0.39 is 11.5 Å². The highest BCUT2D eigenvalue weighted by molar-refractivity contribution is 5.68. The maximum Gasteiger partial charge on any atom is 0.303 e. The molecule has 3 nitrogen and oxygen atoms in total. The van der Waals surface area contributed by atoms with Crippen molar-refractivity contribution in [2.24, 2.45) is 11.1 Å². The van der Waals surface area contributed by atoms with E-state index in [9.17, 15) is 4.79 Å². The molecule has 0 aromatic carbocycles. The molecule has 0 saturated carbocycles. The zero-order valence-electron chi connectivity index (χ0n) is 9.05. The number of carbonyl (C=O) groups is 1. The van der Waals surface area contributed by atoms with Crippen LogP contribution in [0.5, 0.6) is 0 Å². The maximum absolute atomic E-state index is 10.7. The molecule has 0 spiro atoms. The van der Waals surface area contributed by atoms with Gasteiger partial charge in [0.25, 0.3) is 0 Å². The molecule has 0 saturated heterocycles. The number of aliphatic carboxylic acids is 1. The minimum atomic E-state index is -0.762. The van der Waals surface area contributed by atoms with E-state index >= 15 is 0 Å². The first-order chi connectivity index (χ1) is 5.79. The fourth-order valence-corrected chi connectivity index (χ4v) is 1.93. The quantitative estimate of drug-likeness (QED) is 0.692. The third-order valence-electron chi connectivity index (χ3n) is 3.21. The molecule has 0 aromatic heterocycles. The molecule has 0 aliphatic rings. The average Bonchev–Trinajstić information content (AvgIpc) is 1.97. The summed E-state index contributed by atoms with van der Waals surface area (Å²) in [5.41, 5.74) is 5.31. The van der Waals surface area contributed by atoms with Crippen LogP contribution in [-0.2, 0) is 4.79 Å². The molecule has 0 fully saturated rings. The van der Waals surface area contributed by atoms with Gasteiger partial charge in [0.2, 0.25) is 0 Å². The molecule has 0 heterocycles. The Morgan fingerprint density at radius 3 is 1.77 bits per heavy atom. The highest BCUT2D eigenvalue weighted by Gasteiger charge is 2.40. The second-order valence-corrected chi connectivity index (χ2v) is 4.28. The van der Waals surface area contributed by atoms with Gasteiger partial charge in [-0.05, 0) is 32.1 Å². The van der Waals surface area contributed by atoms with Gasteiger partial charge in [-0.2, -0.15) is 0 Å². The second kappa shape index (κ2) is 4.09. The lowest BCUT2D eigenvalue weighted by molar-refractivity contribution is -0.141. The number of nitrogens with two attached hydrogens (primary N) is 1. The van der Waals surface area contributed by atoms with Gasteiger partial charge in [-0.1, -0.05) is 13.8 Å². The van der Waals surface area contributed by atoms with Gasteiger partial charge in [0.05, 0.1) is 6.42 Å². The van der Waals surface area contributed by atoms with Gasteiger partial charge in [0.1, 0.15) is 0 Å². The van der Waals surface area contributed by atoms with Crippen molar-refractivity contribution < 1.29 is 9.90 Å².